The number of hydrogen-bond donors (Lipinski definition) is 1. The fourth-order valence-corrected chi connectivity index (χ4v) is 2.16. The fraction of sp³-hybridized carbons (Fsp3) is 0.571. The van der Waals surface area contributed by atoms with E-state index in [1.807, 2.05) is 0 Å². The second-order valence-electron chi connectivity index (χ2n) is 4.73. The number of benzene rings is 1. The van der Waals surface area contributed by atoms with Gasteiger partial charge in [0.2, 0.25) is 0 Å². The highest BCUT2D eigenvalue weighted by molar-refractivity contribution is 5.31. The van der Waals surface area contributed by atoms with Gasteiger partial charge in [-0.2, -0.15) is 0 Å². The van der Waals surface area contributed by atoms with Gasteiger partial charge in [0.1, 0.15) is 6.61 Å². The molecule has 4 nitrogen and oxygen atoms in total. The smallest absolute Gasteiger partial charge is 0.190 e. The summed E-state index contributed by atoms with van der Waals surface area (Å²) < 4.78 is 38.0. The molecule has 0 atom stereocenters. The molecule has 0 bridgehead atoms. The zero-order valence-corrected chi connectivity index (χ0v) is 11.4. The molecule has 1 aromatic rings. The van der Waals surface area contributed by atoms with Gasteiger partial charge >= 0.3 is 0 Å². The number of nitrogens with zero attached hydrogens (tertiary/aromatic N) is 1. The van der Waals surface area contributed by atoms with E-state index in [-0.39, 0.29) is 12.4 Å². The number of rotatable bonds is 6. The lowest BCUT2D eigenvalue weighted by molar-refractivity contribution is 0.0318. The summed E-state index contributed by atoms with van der Waals surface area (Å²) in [6.45, 7) is 4.27. The monoisotopic (exact) mass is 286 g/mol. The first-order valence-corrected chi connectivity index (χ1v) is 6.81. The van der Waals surface area contributed by atoms with Crippen LogP contribution in [0.1, 0.15) is 5.56 Å². The average Bonchev–Trinajstić information content (AvgIpc) is 2.43. The molecule has 1 aliphatic heterocycles. The van der Waals surface area contributed by atoms with Crippen LogP contribution in [0.3, 0.4) is 0 Å². The normalized spacial score (nSPS) is 16.4. The van der Waals surface area contributed by atoms with Gasteiger partial charge in [-0.05, 0) is 30.7 Å². The Morgan fingerprint density at radius 2 is 1.85 bits per heavy atom. The van der Waals surface area contributed by atoms with Crippen LogP contribution in [0.25, 0.3) is 0 Å². The highest BCUT2D eigenvalue weighted by Gasteiger charge is 2.14. The Kier molecular flexibility index (Phi) is 5.70. The summed E-state index contributed by atoms with van der Waals surface area (Å²) in [6, 6.07) is 2.56. The maximum Gasteiger partial charge on any atom is 0.190 e. The molecule has 1 heterocycles. The van der Waals surface area contributed by atoms with Crippen molar-refractivity contribution in [1.29, 1.82) is 0 Å². The minimum absolute atomic E-state index is 0.254. The number of morpholine rings is 1. The Bertz CT molecular complexity index is 414. The van der Waals surface area contributed by atoms with E-state index in [9.17, 15) is 8.78 Å². The van der Waals surface area contributed by atoms with E-state index >= 15 is 0 Å². The maximum absolute atomic E-state index is 13.8. The summed E-state index contributed by atoms with van der Waals surface area (Å²) in [5.41, 5.74) is 5.91. The first-order chi connectivity index (χ1) is 9.70. The Morgan fingerprint density at radius 1 is 1.20 bits per heavy atom. The van der Waals surface area contributed by atoms with E-state index in [2.05, 4.69) is 4.90 Å². The summed E-state index contributed by atoms with van der Waals surface area (Å²) in [4.78, 5) is 2.14. The van der Waals surface area contributed by atoms with Crippen molar-refractivity contribution in [3.8, 4) is 5.75 Å². The summed E-state index contributed by atoms with van der Waals surface area (Å²) >= 11 is 0. The molecular weight excluding hydrogens is 266 g/mol. The molecular formula is C14H20F2N2O2. The predicted molar refractivity (Wildman–Crippen MR) is 71.9 cm³/mol. The van der Waals surface area contributed by atoms with E-state index in [1.165, 1.54) is 12.1 Å². The molecule has 0 saturated carbocycles. The van der Waals surface area contributed by atoms with Gasteiger partial charge < -0.3 is 15.2 Å². The lowest BCUT2D eigenvalue weighted by atomic mass is 10.1. The van der Waals surface area contributed by atoms with E-state index in [4.69, 9.17) is 15.2 Å². The van der Waals surface area contributed by atoms with Crippen LogP contribution >= 0.6 is 0 Å². The van der Waals surface area contributed by atoms with Crippen molar-refractivity contribution in [3.63, 3.8) is 0 Å². The second kappa shape index (κ2) is 7.52. The average molecular weight is 286 g/mol. The molecule has 0 amide bonds. The highest BCUT2D eigenvalue weighted by atomic mass is 19.1. The molecule has 20 heavy (non-hydrogen) atoms. The zero-order valence-electron chi connectivity index (χ0n) is 11.4. The molecule has 112 valence electrons. The molecule has 0 spiro atoms. The molecule has 1 fully saturated rings. The van der Waals surface area contributed by atoms with Crippen LogP contribution < -0.4 is 10.5 Å². The standard InChI is InChI=1S/C14H20F2N2O2/c15-12-9-11(1-2-17)10-13(16)14(12)20-8-5-18-3-6-19-7-4-18/h9-10H,1-8,17H2. The van der Waals surface area contributed by atoms with Crippen molar-refractivity contribution in [2.75, 3.05) is 46.0 Å². The van der Waals surface area contributed by atoms with E-state index in [0.29, 0.717) is 38.3 Å². The van der Waals surface area contributed by atoms with Gasteiger partial charge in [-0.15, -0.1) is 0 Å². The topological polar surface area (TPSA) is 47.7 Å². The molecule has 0 aromatic heterocycles. The number of halogens is 2. The molecule has 1 aliphatic rings. The summed E-state index contributed by atoms with van der Waals surface area (Å²) in [5, 5.41) is 0. The fourth-order valence-electron chi connectivity index (χ4n) is 2.16. The van der Waals surface area contributed by atoms with Crippen molar-refractivity contribution in [1.82, 2.24) is 4.90 Å². The molecule has 2 rings (SSSR count). The molecule has 6 heteroatoms. The Hall–Kier alpha value is -1.24. The van der Waals surface area contributed by atoms with Crippen LogP contribution in [-0.2, 0) is 11.2 Å². The number of ether oxygens (including phenoxy) is 2. The lowest BCUT2D eigenvalue weighted by Crippen LogP contribution is -2.38. The summed E-state index contributed by atoms with van der Waals surface area (Å²) in [6.07, 6.45) is 0.446. The van der Waals surface area contributed by atoms with Crippen LogP contribution in [0.5, 0.6) is 5.75 Å². The minimum atomic E-state index is -0.671. The van der Waals surface area contributed by atoms with Crippen molar-refractivity contribution in [2.24, 2.45) is 5.73 Å². The van der Waals surface area contributed by atoms with E-state index in [1.54, 1.807) is 0 Å². The molecule has 0 unspecified atom stereocenters. The van der Waals surface area contributed by atoms with Gasteiger partial charge in [0.25, 0.3) is 0 Å². The highest BCUT2D eigenvalue weighted by Crippen LogP contribution is 2.23. The molecule has 1 saturated heterocycles. The number of hydrogen-bond acceptors (Lipinski definition) is 4. The van der Waals surface area contributed by atoms with Crippen LogP contribution in [0, 0.1) is 11.6 Å². The van der Waals surface area contributed by atoms with Crippen molar-refractivity contribution < 1.29 is 18.3 Å². The van der Waals surface area contributed by atoms with Crippen LogP contribution in [0.2, 0.25) is 0 Å². The molecule has 0 radical (unpaired) electrons. The molecule has 1 aromatic carbocycles. The van der Waals surface area contributed by atoms with Gasteiger partial charge in [-0.1, -0.05) is 0 Å². The Morgan fingerprint density at radius 3 is 2.45 bits per heavy atom. The second-order valence-corrected chi connectivity index (χ2v) is 4.73. The quantitative estimate of drug-likeness (QED) is 0.853. The largest absolute Gasteiger partial charge is 0.486 e. The minimum Gasteiger partial charge on any atom is -0.486 e. The maximum atomic E-state index is 13.8. The lowest BCUT2D eigenvalue weighted by Gasteiger charge is -2.26. The van der Waals surface area contributed by atoms with Gasteiger partial charge in [0.05, 0.1) is 13.2 Å². The van der Waals surface area contributed by atoms with E-state index < -0.39 is 11.6 Å². The van der Waals surface area contributed by atoms with Crippen LogP contribution in [-0.4, -0.2) is 50.9 Å². The van der Waals surface area contributed by atoms with Gasteiger partial charge in [0.15, 0.2) is 17.4 Å². The number of nitrogens with two attached hydrogens (primary N) is 1. The van der Waals surface area contributed by atoms with Crippen LogP contribution in [0.15, 0.2) is 12.1 Å². The van der Waals surface area contributed by atoms with Gasteiger partial charge in [0, 0.05) is 19.6 Å². The SMILES string of the molecule is NCCc1cc(F)c(OCCN2CCOCC2)c(F)c1. The van der Waals surface area contributed by atoms with Crippen molar-refractivity contribution >= 4 is 0 Å². The van der Waals surface area contributed by atoms with E-state index in [0.717, 1.165) is 13.1 Å². The zero-order chi connectivity index (χ0) is 14.4. The predicted octanol–water partition coefficient (Wildman–Crippen LogP) is 1.18. The van der Waals surface area contributed by atoms with Crippen molar-refractivity contribution in [2.45, 2.75) is 6.42 Å². The Labute approximate surface area is 117 Å². The Balaban J connectivity index is 1.88. The first kappa shape index (κ1) is 15.2. The molecule has 2 N–H and O–H groups in total. The van der Waals surface area contributed by atoms with Crippen molar-refractivity contribution in [3.05, 3.63) is 29.3 Å². The van der Waals surface area contributed by atoms with Gasteiger partial charge in [-0.25, -0.2) is 8.78 Å². The first-order valence-electron chi connectivity index (χ1n) is 6.81. The third-order valence-corrected chi connectivity index (χ3v) is 3.25. The third kappa shape index (κ3) is 4.13. The van der Waals surface area contributed by atoms with Gasteiger partial charge in [-0.3, -0.25) is 4.90 Å². The van der Waals surface area contributed by atoms with Crippen LogP contribution in [0.4, 0.5) is 8.78 Å². The summed E-state index contributed by atoms with van der Waals surface area (Å²) in [5.74, 6) is -1.65. The summed E-state index contributed by atoms with van der Waals surface area (Å²) in [7, 11) is 0. The molecule has 0 aliphatic carbocycles. The third-order valence-electron chi connectivity index (χ3n) is 3.25.